The number of methoxy groups -OCH3 is 1. The summed E-state index contributed by atoms with van der Waals surface area (Å²) in [6, 6.07) is 12.4. The number of halogens is 1. The third-order valence-corrected chi connectivity index (χ3v) is 3.47. The van der Waals surface area contributed by atoms with Gasteiger partial charge in [-0.25, -0.2) is 9.18 Å². The van der Waals surface area contributed by atoms with Gasteiger partial charge in [-0.3, -0.25) is 0 Å². The molecule has 0 aliphatic carbocycles. The summed E-state index contributed by atoms with van der Waals surface area (Å²) in [4.78, 5) is 12.0. The molecule has 0 saturated heterocycles. The topological polar surface area (TPSA) is 74.5 Å². The number of nitrogens with zero attached hydrogens (tertiary/aromatic N) is 2. The normalized spacial score (nSPS) is 11.8. The van der Waals surface area contributed by atoms with Crippen molar-refractivity contribution in [1.29, 1.82) is 0 Å². The first-order valence-corrected chi connectivity index (χ1v) is 7.51. The Morgan fingerprint density at radius 1 is 1.16 bits per heavy atom. The van der Waals surface area contributed by atoms with Crippen molar-refractivity contribution >= 4 is 5.97 Å². The first-order chi connectivity index (χ1) is 12.1. The van der Waals surface area contributed by atoms with Crippen molar-refractivity contribution in [3.05, 3.63) is 65.8 Å². The minimum atomic E-state index is -0.768. The Bertz CT molecular complexity index is 877. The van der Waals surface area contributed by atoms with Crippen LogP contribution in [0.4, 0.5) is 4.39 Å². The Morgan fingerprint density at radius 2 is 1.92 bits per heavy atom. The van der Waals surface area contributed by atoms with Crippen LogP contribution in [0.2, 0.25) is 0 Å². The molecule has 0 aliphatic heterocycles. The number of hydrogen-bond acceptors (Lipinski definition) is 6. The lowest BCUT2D eigenvalue weighted by Gasteiger charge is -2.09. The maximum Gasteiger partial charge on any atom is 0.339 e. The number of aromatic nitrogens is 2. The molecule has 2 aromatic carbocycles. The van der Waals surface area contributed by atoms with Crippen molar-refractivity contribution < 1.29 is 23.1 Å². The molecule has 6 nitrogen and oxygen atoms in total. The highest BCUT2D eigenvalue weighted by Crippen LogP contribution is 2.24. The van der Waals surface area contributed by atoms with Gasteiger partial charge in [-0.15, -0.1) is 10.2 Å². The first kappa shape index (κ1) is 16.6. The Balaban J connectivity index is 1.71. The molecular formula is C18H15FN2O4. The van der Waals surface area contributed by atoms with Crippen LogP contribution in [-0.2, 0) is 4.74 Å². The van der Waals surface area contributed by atoms with Gasteiger partial charge in [-0.05, 0) is 49.4 Å². The predicted octanol–water partition coefficient (Wildman–Crippen LogP) is 3.80. The second-order valence-electron chi connectivity index (χ2n) is 5.23. The molecule has 0 spiro atoms. The molecule has 3 aromatic rings. The predicted molar refractivity (Wildman–Crippen MR) is 86.5 cm³/mol. The van der Waals surface area contributed by atoms with Crippen molar-refractivity contribution in [2.24, 2.45) is 0 Å². The highest BCUT2D eigenvalue weighted by atomic mass is 19.1. The summed E-state index contributed by atoms with van der Waals surface area (Å²) in [7, 11) is 1.58. The number of carbonyl (C=O) groups excluding carboxylic acids is 1. The van der Waals surface area contributed by atoms with E-state index in [2.05, 4.69) is 10.2 Å². The minimum Gasteiger partial charge on any atom is -0.497 e. The number of esters is 1. The summed E-state index contributed by atoms with van der Waals surface area (Å²) >= 11 is 0. The quantitative estimate of drug-likeness (QED) is 0.657. The molecule has 0 N–H and O–H groups in total. The van der Waals surface area contributed by atoms with E-state index >= 15 is 0 Å². The van der Waals surface area contributed by atoms with Gasteiger partial charge in [0.2, 0.25) is 5.89 Å². The van der Waals surface area contributed by atoms with Gasteiger partial charge in [-0.2, -0.15) is 0 Å². The van der Waals surface area contributed by atoms with Crippen molar-refractivity contribution in [2.45, 2.75) is 13.0 Å². The number of ether oxygens (including phenoxy) is 2. The standard InChI is InChI=1S/C18H15FN2O4/c1-11(24-18(22)13-4-3-5-14(19)10-13)16-20-21-17(25-16)12-6-8-15(23-2)9-7-12/h3-11H,1-2H3/t11-/m0/s1. The molecule has 0 aliphatic rings. The molecule has 0 fully saturated rings. The second-order valence-corrected chi connectivity index (χ2v) is 5.23. The molecular weight excluding hydrogens is 327 g/mol. The van der Waals surface area contributed by atoms with Gasteiger partial charge >= 0.3 is 5.97 Å². The van der Waals surface area contributed by atoms with Gasteiger partial charge in [0, 0.05) is 5.56 Å². The molecule has 1 aromatic heterocycles. The van der Waals surface area contributed by atoms with Gasteiger partial charge in [0.1, 0.15) is 11.6 Å². The molecule has 0 amide bonds. The summed E-state index contributed by atoms with van der Waals surface area (Å²) in [5, 5.41) is 7.85. The number of hydrogen-bond donors (Lipinski definition) is 0. The van der Waals surface area contributed by atoms with E-state index in [0.29, 0.717) is 17.2 Å². The highest BCUT2D eigenvalue weighted by Gasteiger charge is 2.20. The summed E-state index contributed by atoms with van der Waals surface area (Å²) < 4.78 is 29.1. The van der Waals surface area contributed by atoms with E-state index in [1.807, 2.05) is 0 Å². The lowest BCUT2D eigenvalue weighted by atomic mass is 10.2. The van der Waals surface area contributed by atoms with Crippen LogP contribution in [0.3, 0.4) is 0 Å². The van der Waals surface area contributed by atoms with E-state index in [-0.39, 0.29) is 11.5 Å². The molecule has 128 valence electrons. The zero-order chi connectivity index (χ0) is 17.8. The van der Waals surface area contributed by atoms with Crippen LogP contribution in [0.5, 0.6) is 5.75 Å². The lowest BCUT2D eigenvalue weighted by molar-refractivity contribution is 0.0279. The van der Waals surface area contributed by atoms with Crippen LogP contribution >= 0.6 is 0 Å². The van der Waals surface area contributed by atoms with E-state index in [1.165, 1.54) is 18.2 Å². The smallest absolute Gasteiger partial charge is 0.339 e. The van der Waals surface area contributed by atoms with E-state index in [1.54, 1.807) is 38.3 Å². The summed E-state index contributed by atoms with van der Waals surface area (Å²) in [5.74, 6) is -0.0272. The fourth-order valence-electron chi connectivity index (χ4n) is 2.14. The average Bonchev–Trinajstić information content (AvgIpc) is 3.12. The van der Waals surface area contributed by atoms with Crippen molar-refractivity contribution in [3.8, 4) is 17.2 Å². The van der Waals surface area contributed by atoms with Crippen molar-refractivity contribution in [2.75, 3.05) is 7.11 Å². The fourth-order valence-corrected chi connectivity index (χ4v) is 2.14. The van der Waals surface area contributed by atoms with Crippen molar-refractivity contribution in [1.82, 2.24) is 10.2 Å². The van der Waals surface area contributed by atoms with Gasteiger partial charge in [0.25, 0.3) is 5.89 Å². The Hall–Kier alpha value is -3.22. The number of rotatable bonds is 5. The molecule has 0 radical (unpaired) electrons. The Labute approximate surface area is 143 Å². The zero-order valence-corrected chi connectivity index (χ0v) is 13.6. The van der Waals surface area contributed by atoms with Crippen LogP contribution in [-0.4, -0.2) is 23.3 Å². The average molecular weight is 342 g/mol. The second kappa shape index (κ2) is 7.12. The summed E-state index contributed by atoms with van der Waals surface area (Å²) in [5.41, 5.74) is 0.824. The maximum atomic E-state index is 13.2. The van der Waals surface area contributed by atoms with E-state index in [0.717, 1.165) is 6.07 Å². The lowest BCUT2D eigenvalue weighted by Crippen LogP contribution is -2.09. The van der Waals surface area contributed by atoms with Crippen LogP contribution < -0.4 is 4.74 Å². The van der Waals surface area contributed by atoms with E-state index in [9.17, 15) is 9.18 Å². The molecule has 7 heteroatoms. The largest absolute Gasteiger partial charge is 0.497 e. The third kappa shape index (κ3) is 3.82. The molecule has 25 heavy (non-hydrogen) atoms. The van der Waals surface area contributed by atoms with E-state index < -0.39 is 17.9 Å². The SMILES string of the molecule is COc1ccc(-c2nnc([C@H](C)OC(=O)c3cccc(F)c3)o2)cc1. The van der Waals surface area contributed by atoms with Crippen molar-refractivity contribution in [3.63, 3.8) is 0 Å². The van der Waals surface area contributed by atoms with Crippen LogP contribution in [0.25, 0.3) is 11.5 Å². The monoisotopic (exact) mass is 342 g/mol. The number of carbonyl (C=O) groups is 1. The molecule has 1 atom stereocenters. The molecule has 0 saturated carbocycles. The maximum absolute atomic E-state index is 13.2. The van der Waals surface area contributed by atoms with E-state index in [4.69, 9.17) is 13.9 Å². The Morgan fingerprint density at radius 3 is 2.60 bits per heavy atom. The molecule has 0 bridgehead atoms. The van der Waals surface area contributed by atoms with Crippen LogP contribution in [0, 0.1) is 5.82 Å². The van der Waals surface area contributed by atoms with Gasteiger partial charge in [0.15, 0.2) is 6.10 Å². The van der Waals surface area contributed by atoms with Gasteiger partial charge < -0.3 is 13.9 Å². The zero-order valence-electron chi connectivity index (χ0n) is 13.6. The van der Waals surface area contributed by atoms with Gasteiger partial charge in [-0.1, -0.05) is 6.07 Å². The Kier molecular flexibility index (Phi) is 4.74. The molecule has 0 unspecified atom stereocenters. The minimum absolute atomic E-state index is 0.113. The van der Waals surface area contributed by atoms with Gasteiger partial charge in [0.05, 0.1) is 12.7 Å². The fraction of sp³-hybridized carbons (Fsp3) is 0.167. The molecule has 3 rings (SSSR count). The number of benzene rings is 2. The summed E-state index contributed by atoms with van der Waals surface area (Å²) in [6.45, 7) is 1.60. The summed E-state index contributed by atoms with van der Waals surface area (Å²) in [6.07, 6.45) is -0.768. The highest BCUT2D eigenvalue weighted by molar-refractivity contribution is 5.89. The first-order valence-electron chi connectivity index (χ1n) is 7.51. The third-order valence-electron chi connectivity index (χ3n) is 3.47. The van der Waals surface area contributed by atoms with Crippen LogP contribution in [0.15, 0.2) is 52.9 Å². The molecule has 1 heterocycles. The van der Waals surface area contributed by atoms with Crippen LogP contribution in [0.1, 0.15) is 29.3 Å².